The molecule has 0 aliphatic carbocycles. The molecular formula is C22H16N4. The number of pyridine rings is 4. The van der Waals surface area contributed by atoms with Gasteiger partial charge in [-0.25, -0.2) is 0 Å². The maximum absolute atomic E-state index is 4.37. The van der Waals surface area contributed by atoms with E-state index in [2.05, 4.69) is 38.1 Å². The van der Waals surface area contributed by atoms with Crippen LogP contribution in [0.4, 0.5) is 0 Å². The molecule has 4 heteroatoms. The van der Waals surface area contributed by atoms with Crippen molar-refractivity contribution in [3.8, 4) is 11.4 Å². The summed E-state index contributed by atoms with van der Waals surface area (Å²) in [5, 5.41) is 2.28. The second-order valence-corrected chi connectivity index (χ2v) is 5.64. The van der Waals surface area contributed by atoms with Gasteiger partial charge in [-0.2, -0.15) is 0 Å². The van der Waals surface area contributed by atoms with Gasteiger partial charge in [-0.15, -0.1) is 0 Å². The smallest absolute Gasteiger partial charge is 0.0886 e. The van der Waals surface area contributed by atoms with Gasteiger partial charge in [-0.3, -0.25) is 19.9 Å². The van der Waals surface area contributed by atoms with E-state index in [9.17, 15) is 0 Å². The standard InChI is InChI=1S/C12H8N2.C10H8N2/c1-3-9-5-6-11-10(4-2-7-13-11)12(9)14-8-1;1-3-7-11-9(5-1)10-6-2-4-8-12-10/h1-8H;1-8H. The van der Waals surface area contributed by atoms with Gasteiger partial charge in [0.1, 0.15) is 0 Å². The maximum Gasteiger partial charge on any atom is 0.0886 e. The number of aromatic nitrogens is 4. The Hall–Kier alpha value is -3.66. The quantitative estimate of drug-likeness (QED) is 0.407. The lowest BCUT2D eigenvalue weighted by Crippen LogP contribution is -1.83. The predicted octanol–water partition coefficient (Wildman–Crippen LogP) is 4.93. The van der Waals surface area contributed by atoms with E-state index in [0.717, 1.165) is 33.2 Å². The third-order valence-corrected chi connectivity index (χ3v) is 3.95. The molecule has 0 fully saturated rings. The van der Waals surface area contributed by atoms with E-state index in [1.54, 1.807) is 18.6 Å². The first-order valence-electron chi connectivity index (χ1n) is 8.33. The number of nitrogens with zero attached hydrogens (tertiary/aromatic N) is 4. The van der Waals surface area contributed by atoms with Gasteiger partial charge in [-0.05, 0) is 48.5 Å². The first kappa shape index (κ1) is 15.8. The fourth-order valence-electron chi connectivity index (χ4n) is 2.73. The number of fused-ring (bicyclic) bond motifs is 3. The molecule has 4 nitrogen and oxygen atoms in total. The Bertz CT molecular complexity index is 1030. The summed E-state index contributed by atoms with van der Waals surface area (Å²) < 4.78 is 0. The SMILES string of the molecule is c1ccc(-c2ccccn2)nc1.c1cnc2c(c1)ccc1ncccc12. The van der Waals surface area contributed by atoms with Crippen LogP contribution in [0.25, 0.3) is 33.2 Å². The van der Waals surface area contributed by atoms with Crippen molar-refractivity contribution >= 4 is 21.8 Å². The third kappa shape index (κ3) is 3.39. The second kappa shape index (κ2) is 7.49. The van der Waals surface area contributed by atoms with Crippen LogP contribution in [0.5, 0.6) is 0 Å². The Morgan fingerprint density at radius 3 is 1.81 bits per heavy atom. The summed E-state index contributed by atoms with van der Waals surface area (Å²) in [6, 6.07) is 23.7. The Balaban J connectivity index is 0.000000131. The molecule has 1 aromatic carbocycles. The molecule has 5 aromatic rings. The number of rotatable bonds is 1. The van der Waals surface area contributed by atoms with Crippen LogP contribution >= 0.6 is 0 Å². The van der Waals surface area contributed by atoms with Crippen LogP contribution in [0.15, 0.2) is 97.6 Å². The highest BCUT2D eigenvalue weighted by Gasteiger charge is 1.99. The van der Waals surface area contributed by atoms with E-state index in [-0.39, 0.29) is 0 Å². The summed E-state index contributed by atoms with van der Waals surface area (Å²) in [6.45, 7) is 0. The van der Waals surface area contributed by atoms with Gasteiger partial charge in [0, 0.05) is 35.6 Å². The minimum atomic E-state index is 0.915. The zero-order valence-corrected chi connectivity index (χ0v) is 14.0. The fraction of sp³-hybridized carbons (Fsp3) is 0. The summed E-state index contributed by atoms with van der Waals surface area (Å²) >= 11 is 0. The highest BCUT2D eigenvalue weighted by atomic mass is 14.7. The van der Waals surface area contributed by atoms with Crippen LogP contribution in [-0.2, 0) is 0 Å². The van der Waals surface area contributed by atoms with Crippen molar-refractivity contribution in [3.63, 3.8) is 0 Å². The van der Waals surface area contributed by atoms with E-state index in [0.29, 0.717) is 0 Å². The molecule has 0 bridgehead atoms. The average Bonchev–Trinajstić information content (AvgIpc) is 2.75. The lowest BCUT2D eigenvalue weighted by Gasteiger charge is -2.00. The zero-order valence-electron chi connectivity index (χ0n) is 14.0. The number of benzene rings is 1. The largest absolute Gasteiger partial charge is 0.256 e. The van der Waals surface area contributed by atoms with Gasteiger partial charge in [-0.1, -0.05) is 24.3 Å². The van der Waals surface area contributed by atoms with E-state index in [1.165, 1.54) is 0 Å². The highest BCUT2D eigenvalue weighted by Crippen LogP contribution is 2.21. The molecule has 5 rings (SSSR count). The summed E-state index contributed by atoms with van der Waals surface area (Å²) in [5.41, 5.74) is 3.85. The number of hydrogen-bond acceptors (Lipinski definition) is 4. The van der Waals surface area contributed by atoms with E-state index in [1.807, 2.05) is 60.8 Å². The normalized spacial score (nSPS) is 10.3. The van der Waals surface area contributed by atoms with Crippen LogP contribution < -0.4 is 0 Å². The van der Waals surface area contributed by atoms with Gasteiger partial charge in [0.05, 0.1) is 22.4 Å². The van der Waals surface area contributed by atoms with Crippen molar-refractivity contribution < 1.29 is 0 Å². The van der Waals surface area contributed by atoms with E-state index in [4.69, 9.17) is 0 Å². The molecule has 0 atom stereocenters. The molecule has 0 saturated carbocycles. The first-order chi connectivity index (χ1) is 12.9. The highest BCUT2D eigenvalue weighted by molar-refractivity contribution is 6.03. The van der Waals surface area contributed by atoms with Crippen LogP contribution in [0.2, 0.25) is 0 Å². The van der Waals surface area contributed by atoms with Gasteiger partial charge in [0.25, 0.3) is 0 Å². The molecule has 0 N–H and O–H groups in total. The molecular weight excluding hydrogens is 320 g/mol. The Morgan fingerprint density at radius 2 is 1.12 bits per heavy atom. The molecule has 0 saturated heterocycles. The summed E-state index contributed by atoms with van der Waals surface area (Å²) in [6.07, 6.45) is 7.15. The summed E-state index contributed by atoms with van der Waals surface area (Å²) in [4.78, 5) is 17.0. The zero-order chi connectivity index (χ0) is 17.6. The lowest BCUT2D eigenvalue weighted by atomic mass is 10.1. The minimum Gasteiger partial charge on any atom is -0.256 e. The van der Waals surface area contributed by atoms with Crippen molar-refractivity contribution in [2.45, 2.75) is 0 Å². The Morgan fingerprint density at radius 1 is 0.462 bits per heavy atom. The molecule has 0 radical (unpaired) electrons. The van der Waals surface area contributed by atoms with Gasteiger partial charge in [0.15, 0.2) is 0 Å². The van der Waals surface area contributed by atoms with Crippen LogP contribution in [0.3, 0.4) is 0 Å². The molecule has 0 aliphatic rings. The molecule has 0 spiro atoms. The minimum absolute atomic E-state index is 0.915. The van der Waals surface area contributed by atoms with Crippen LogP contribution in [-0.4, -0.2) is 19.9 Å². The maximum atomic E-state index is 4.37. The van der Waals surface area contributed by atoms with Crippen molar-refractivity contribution in [2.24, 2.45) is 0 Å². The Kier molecular flexibility index (Phi) is 4.56. The van der Waals surface area contributed by atoms with Crippen LogP contribution in [0, 0.1) is 0 Å². The van der Waals surface area contributed by atoms with E-state index >= 15 is 0 Å². The number of hydrogen-bond donors (Lipinski definition) is 0. The fourth-order valence-corrected chi connectivity index (χ4v) is 2.73. The average molecular weight is 336 g/mol. The molecule has 124 valence electrons. The topological polar surface area (TPSA) is 51.6 Å². The van der Waals surface area contributed by atoms with Crippen molar-refractivity contribution in [1.29, 1.82) is 0 Å². The monoisotopic (exact) mass is 336 g/mol. The second-order valence-electron chi connectivity index (χ2n) is 5.64. The predicted molar refractivity (Wildman–Crippen MR) is 105 cm³/mol. The first-order valence-corrected chi connectivity index (χ1v) is 8.33. The van der Waals surface area contributed by atoms with Crippen molar-refractivity contribution in [3.05, 3.63) is 97.6 Å². The third-order valence-electron chi connectivity index (χ3n) is 3.95. The summed E-state index contributed by atoms with van der Waals surface area (Å²) in [7, 11) is 0. The molecule has 0 amide bonds. The molecule has 26 heavy (non-hydrogen) atoms. The van der Waals surface area contributed by atoms with Gasteiger partial charge < -0.3 is 0 Å². The summed E-state index contributed by atoms with van der Waals surface area (Å²) in [5.74, 6) is 0. The van der Waals surface area contributed by atoms with Gasteiger partial charge >= 0.3 is 0 Å². The molecule has 0 unspecified atom stereocenters. The van der Waals surface area contributed by atoms with E-state index < -0.39 is 0 Å². The lowest BCUT2D eigenvalue weighted by molar-refractivity contribution is 1.25. The molecule has 0 aliphatic heterocycles. The van der Waals surface area contributed by atoms with Crippen LogP contribution in [0.1, 0.15) is 0 Å². The Labute approximate surface area is 151 Å². The molecule has 4 aromatic heterocycles. The van der Waals surface area contributed by atoms with Crippen molar-refractivity contribution in [1.82, 2.24) is 19.9 Å². The van der Waals surface area contributed by atoms with Crippen molar-refractivity contribution in [2.75, 3.05) is 0 Å². The molecule has 4 heterocycles. The van der Waals surface area contributed by atoms with Gasteiger partial charge in [0.2, 0.25) is 0 Å².